The molecule has 1 fully saturated rings. The van der Waals surface area contributed by atoms with Crippen LogP contribution in [0.1, 0.15) is 19.8 Å². The van der Waals surface area contributed by atoms with Crippen molar-refractivity contribution >= 4 is 9.84 Å². The fraction of sp³-hybridized carbons (Fsp3) is 1.00. The lowest BCUT2D eigenvalue weighted by Crippen LogP contribution is -2.46. The summed E-state index contributed by atoms with van der Waals surface area (Å²) in [4.78, 5) is 2.18. The first-order chi connectivity index (χ1) is 6.59. The van der Waals surface area contributed by atoms with E-state index in [1.54, 1.807) is 0 Å². The Bertz CT molecular complexity index is 249. The van der Waals surface area contributed by atoms with E-state index in [-0.39, 0.29) is 18.1 Å². The normalized spacial score (nSPS) is 24.7. The Labute approximate surface area is 85.8 Å². The van der Waals surface area contributed by atoms with E-state index >= 15 is 0 Å². The highest BCUT2D eigenvalue weighted by molar-refractivity contribution is 7.91. The van der Waals surface area contributed by atoms with Gasteiger partial charge in [-0.2, -0.15) is 0 Å². The number of rotatable bonds is 4. The molecule has 1 N–H and O–H groups in total. The molecule has 1 heterocycles. The van der Waals surface area contributed by atoms with Crippen molar-refractivity contribution in [2.24, 2.45) is 0 Å². The maximum absolute atomic E-state index is 11.2. The molecule has 0 saturated carbocycles. The smallest absolute Gasteiger partial charge is 0.152 e. The molecule has 1 aliphatic rings. The number of hydrogen-bond donors (Lipinski definition) is 1. The minimum atomic E-state index is -2.78. The first-order valence-electron chi connectivity index (χ1n) is 5.14. The zero-order valence-electron chi connectivity index (χ0n) is 8.65. The summed E-state index contributed by atoms with van der Waals surface area (Å²) in [6.45, 7) is 3.51. The minimum absolute atomic E-state index is 0.182. The summed E-state index contributed by atoms with van der Waals surface area (Å²) in [6, 6.07) is 0.343. The summed E-state index contributed by atoms with van der Waals surface area (Å²) in [5.41, 5.74) is 0. The molecule has 0 aromatic heterocycles. The van der Waals surface area contributed by atoms with E-state index in [0.717, 1.165) is 12.8 Å². The van der Waals surface area contributed by atoms with Gasteiger partial charge in [0.1, 0.15) is 0 Å². The number of hydrogen-bond acceptors (Lipinski definition) is 4. The van der Waals surface area contributed by atoms with Gasteiger partial charge in [0, 0.05) is 25.7 Å². The Kier molecular flexibility index (Phi) is 4.34. The van der Waals surface area contributed by atoms with Gasteiger partial charge in [0.05, 0.1) is 11.5 Å². The Balaban J connectivity index is 2.47. The number of aliphatic hydroxyl groups is 1. The fourth-order valence-corrected chi connectivity index (χ4v) is 3.12. The van der Waals surface area contributed by atoms with E-state index in [1.165, 1.54) is 0 Å². The van der Waals surface area contributed by atoms with Crippen LogP contribution in [-0.2, 0) is 9.84 Å². The third-order valence-electron chi connectivity index (χ3n) is 2.83. The van der Waals surface area contributed by atoms with E-state index in [1.807, 2.05) is 0 Å². The lowest BCUT2D eigenvalue weighted by Gasteiger charge is -2.33. The fourth-order valence-electron chi connectivity index (χ4n) is 1.89. The monoisotopic (exact) mass is 221 g/mol. The SMILES string of the molecule is CCC(CCO)N1CCS(=O)(=O)CC1. The first kappa shape index (κ1) is 11.9. The van der Waals surface area contributed by atoms with Gasteiger partial charge in [-0.25, -0.2) is 8.42 Å². The van der Waals surface area contributed by atoms with Gasteiger partial charge >= 0.3 is 0 Å². The second kappa shape index (κ2) is 5.09. The van der Waals surface area contributed by atoms with Crippen molar-refractivity contribution in [3.8, 4) is 0 Å². The Morgan fingerprint density at radius 3 is 2.36 bits per heavy atom. The molecular weight excluding hydrogens is 202 g/mol. The van der Waals surface area contributed by atoms with E-state index in [9.17, 15) is 8.42 Å². The van der Waals surface area contributed by atoms with E-state index < -0.39 is 9.84 Å². The molecule has 1 atom stereocenters. The van der Waals surface area contributed by atoms with Crippen LogP contribution in [0.15, 0.2) is 0 Å². The molecule has 0 amide bonds. The summed E-state index contributed by atoms with van der Waals surface area (Å²) >= 11 is 0. The van der Waals surface area contributed by atoms with Crippen LogP contribution >= 0.6 is 0 Å². The number of aliphatic hydroxyl groups excluding tert-OH is 1. The Morgan fingerprint density at radius 2 is 1.93 bits per heavy atom. The number of sulfone groups is 1. The van der Waals surface area contributed by atoms with Crippen molar-refractivity contribution in [3.05, 3.63) is 0 Å². The van der Waals surface area contributed by atoms with Crippen molar-refractivity contribution < 1.29 is 13.5 Å². The molecule has 1 unspecified atom stereocenters. The molecule has 5 heteroatoms. The highest BCUT2D eigenvalue weighted by Gasteiger charge is 2.25. The molecule has 0 aromatic carbocycles. The third-order valence-corrected chi connectivity index (χ3v) is 4.44. The van der Waals surface area contributed by atoms with Gasteiger partial charge in [-0.05, 0) is 12.8 Å². The first-order valence-corrected chi connectivity index (χ1v) is 6.96. The molecule has 0 bridgehead atoms. The average Bonchev–Trinajstić information content (AvgIpc) is 2.15. The van der Waals surface area contributed by atoms with Crippen LogP contribution in [0.3, 0.4) is 0 Å². The van der Waals surface area contributed by atoms with E-state index in [0.29, 0.717) is 19.1 Å². The third kappa shape index (κ3) is 3.22. The largest absolute Gasteiger partial charge is 0.396 e. The van der Waals surface area contributed by atoms with Gasteiger partial charge in [0.2, 0.25) is 0 Å². The molecule has 0 aromatic rings. The lowest BCUT2D eigenvalue weighted by atomic mass is 10.1. The van der Waals surface area contributed by atoms with Crippen LogP contribution in [-0.4, -0.2) is 55.7 Å². The summed E-state index contributed by atoms with van der Waals surface area (Å²) < 4.78 is 22.4. The van der Waals surface area contributed by atoms with Gasteiger partial charge in [-0.15, -0.1) is 0 Å². The van der Waals surface area contributed by atoms with Crippen molar-refractivity contribution in [1.82, 2.24) is 4.90 Å². The van der Waals surface area contributed by atoms with Crippen molar-refractivity contribution in [2.75, 3.05) is 31.2 Å². The predicted octanol–water partition coefficient (Wildman–Crippen LogP) is -0.122. The summed E-state index contributed by atoms with van der Waals surface area (Å²) in [5.74, 6) is 0.545. The molecule has 0 aliphatic carbocycles. The van der Waals surface area contributed by atoms with Crippen LogP contribution in [0.5, 0.6) is 0 Å². The van der Waals surface area contributed by atoms with Gasteiger partial charge in [-0.3, -0.25) is 4.90 Å². The van der Waals surface area contributed by atoms with Gasteiger partial charge in [0.15, 0.2) is 9.84 Å². The molecule has 84 valence electrons. The lowest BCUT2D eigenvalue weighted by molar-refractivity contribution is 0.162. The van der Waals surface area contributed by atoms with E-state index in [2.05, 4.69) is 11.8 Å². The standard InChI is InChI=1S/C9H19NO3S/c1-2-9(3-6-11)10-4-7-14(12,13)8-5-10/h9,11H,2-8H2,1H3. The molecule has 14 heavy (non-hydrogen) atoms. The molecular formula is C9H19NO3S. The Morgan fingerprint density at radius 1 is 1.36 bits per heavy atom. The maximum atomic E-state index is 11.2. The van der Waals surface area contributed by atoms with Gasteiger partial charge < -0.3 is 5.11 Å². The maximum Gasteiger partial charge on any atom is 0.152 e. The van der Waals surface area contributed by atoms with Gasteiger partial charge in [-0.1, -0.05) is 6.92 Å². The summed E-state index contributed by atoms with van der Waals surface area (Å²) in [6.07, 6.45) is 1.72. The quantitative estimate of drug-likeness (QED) is 0.719. The van der Waals surface area contributed by atoms with Crippen molar-refractivity contribution in [1.29, 1.82) is 0 Å². The molecule has 4 nitrogen and oxygen atoms in total. The topological polar surface area (TPSA) is 57.6 Å². The summed E-state index contributed by atoms with van der Waals surface area (Å²) in [7, 11) is -2.78. The second-order valence-electron chi connectivity index (χ2n) is 3.76. The Hall–Kier alpha value is -0.130. The molecule has 1 rings (SSSR count). The second-order valence-corrected chi connectivity index (χ2v) is 6.07. The van der Waals surface area contributed by atoms with Crippen LogP contribution in [0.4, 0.5) is 0 Å². The zero-order valence-corrected chi connectivity index (χ0v) is 9.46. The average molecular weight is 221 g/mol. The van der Waals surface area contributed by atoms with Crippen LogP contribution in [0, 0.1) is 0 Å². The highest BCUT2D eigenvalue weighted by Crippen LogP contribution is 2.12. The number of nitrogens with zero attached hydrogens (tertiary/aromatic N) is 1. The van der Waals surface area contributed by atoms with Crippen LogP contribution in [0.25, 0.3) is 0 Å². The van der Waals surface area contributed by atoms with Crippen LogP contribution in [0.2, 0.25) is 0 Å². The molecule has 0 spiro atoms. The molecule has 1 saturated heterocycles. The molecule has 1 aliphatic heterocycles. The summed E-state index contributed by atoms with van der Waals surface area (Å²) in [5, 5.41) is 8.86. The van der Waals surface area contributed by atoms with Gasteiger partial charge in [0.25, 0.3) is 0 Å². The predicted molar refractivity (Wildman–Crippen MR) is 56.0 cm³/mol. The van der Waals surface area contributed by atoms with Crippen LogP contribution < -0.4 is 0 Å². The minimum Gasteiger partial charge on any atom is -0.396 e. The molecule has 0 radical (unpaired) electrons. The van der Waals surface area contributed by atoms with Crippen molar-refractivity contribution in [3.63, 3.8) is 0 Å². The van der Waals surface area contributed by atoms with Crippen molar-refractivity contribution in [2.45, 2.75) is 25.8 Å². The zero-order chi connectivity index (χ0) is 10.6. The highest BCUT2D eigenvalue weighted by atomic mass is 32.2. The van der Waals surface area contributed by atoms with E-state index in [4.69, 9.17) is 5.11 Å².